The largest absolute Gasteiger partial charge is 0.272 e. The number of hydrogen-bond donors (Lipinski definition) is 0. The number of anilines is 1. The Bertz CT molecular complexity index is 1020. The van der Waals surface area contributed by atoms with Crippen LogP contribution in [0.1, 0.15) is 27.1 Å². The highest BCUT2D eigenvalue weighted by Crippen LogP contribution is 2.30. The average molecular weight is 350 g/mol. The lowest BCUT2D eigenvalue weighted by Crippen LogP contribution is -2.35. The van der Waals surface area contributed by atoms with Crippen LogP contribution >= 0.6 is 0 Å². The molecular weight excluding hydrogens is 340 g/mol. The van der Waals surface area contributed by atoms with E-state index in [1.165, 1.54) is 6.07 Å². The summed E-state index contributed by atoms with van der Waals surface area (Å²) in [7, 11) is 0. The summed E-state index contributed by atoms with van der Waals surface area (Å²) in [5.41, 5.74) is 0.202. The van der Waals surface area contributed by atoms with Gasteiger partial charge in [0.1, 0.15) is 5.84 Å². The molecule has 0 unspecified atom stereocenters. The Morgan fingerprint density at radius 1 is 0.962 bits per heavy atom. The minimum Gasteiger partial charge on any atom is -0.272 e. The van der Waals surface area contributed by atoms with Gasteiger partial charge in [-0.3, -0.25) is 24.5 Å². The summed E-state index contributed by atoms with van der Waals surface area (Å²) in [6, 6.07) is 12.1. The number of amides is 3. The highest BCUT2D eigenvalue weighted by Gasteiger charge is 2.42. The van der Waals surface area contributed by atoms with Crippen LogP contribution in [-0.4, -0.2) is 33.4 Å². The van der Waals surface area contributed by atoms with Crippen LogP contribution in [0, 0.1) is 10.1 Å². The van der Waals surface area contributed by atoms with Crippen molar-refractivity contribution in [3.8, 4) is 0 Å². The maximum absolute atomic E-state index is 12.6. The molecule has 2 aromatic rings. The van der Waals surface area contributed by atoms with Gasteiger partial charge in [-0.15, -0.1) is 0 Å². The number of imide groups is 1. The fourth-order valence-corrected chi connectivity index (χ4v) is 2.89. The Kier molecular flexibility index (Phi) is 3.36. The van der Waals surface area contributed by atoms with E-state index in [4.69, 9.17) is 0 Å². The van der Waals surface area contributed by atoms with Gasteiger partial charge >= 0.3 is 0 Å². The lowest BCUT2D eigenvalue weighted by Gasteiger charge is -2.12. The number of benzene rings is 2. The SMILES string of the molecule is O=C1c2ccc([N+](=O)[O-])cc2C(=O)N1C1=NN(c2ccccc2)C(=O)C1. The number of rotatable bonds is 2. The summed E-state index contributed by atoms with van der Waals surface area (Å²) in [6.07, 6.45) is -0.220. The van der Waals surface area contributed by atoms with E-state index in [1.807, 2.05) is 0 Å². The Balaban J connectivity index is 1.71. The normalized spacial score (nSPS) is 16.2. The third kappa shape index (κ3) is 2.25. The van der Waals surface area contributed by atoms with Crippen molar-refractivity contribution in [3.05, 3.63) is 69.8 Å². The van der Waals surface area contributed by atoms with Crippen LogP contribution in [0.2, 0.25) is 0 Å². The third-order valence-corrected chi connectivity index (χ3v) is 4.10. The van der Waals surface area contributed by atoms with Crippen LogP contribution in [0.4, 0.5) is 11.4 Å². The number of hydrazone groups is 1. The maximum atomic E-state index is 12.6. The minimum atomic E-state index is -0.727. The molecule has 2 aliphatic rings. The Hall–Kier alpha value is -3.88. The van der Waals surface area contributed by atoms with Crippen LogP contribution in [0.3, 0.4) is 0 Å². The summed E-state index contributed by atoms with van der Waals surface area (Å²) in [6.45, 7) is 0. The Labute approximate surface area is 146 Å². The average Bonchev–Trinajstić information content (AvgIpc) is 3.13. The molecule has 2 aromatic carbocycles. The van der Waals surface area contributed by atoms with Gasteiger partial charge < -0.3 is 0 Å². The Morgan fingerprint density at radius 2 is 1.65 bits per heavy atom. The molecule has 0 aromatic heterocycles. The molecule has 128 valence electrons. The number of nitrogens with zero attached hydrogens (tertiary/aromatic N) is 4. The van der Waals surface area contributed by atoms with Crippen LogP contribution in [0.25, 0.3) is 0 Å². The second-order valence-corrected chi connectivity index (χ2v) is 5.67. The van der Waals surface area contributed by atoms with Crippen molar-refractivity contribution in [3.63, 3.8) is 0 Å². The Morgan fingerprint density at radius 3 is 2.35 bits per heavy atom. The first-order valence-corrected chi connectivity index (χ1v) is 7.60. The van der Waals surface area contributed by atoms with E-state index in [0.29, 0.717) is 5.69 Å². The monoisotopic (exact) mass is 350 g/mol. The summed E-state index contributed by atoms with van der Waals surface area (Å²) in [5.74, 6) is -1.77. The number of fused-ring (bicyclic) bond motifs is 1. The van der Waals surface area contributed by atoms with Crippen molar-refractivity contribution in [2.75, 3.05) is 5.01 Å². The summed E-state index contributed by atoms with van der Waals surface area (Å²) in [4.78, 5) is 48.4. The van der Waals surface area contributed by atoms with Crippen molar-refractivity contribution >= 4 is 34.9 Å². The summed E-state index contributed by atoms with van der Waals surface area (Å²) >= 11 is 0. The van der Waals surface area contributed by atoms with Gasteiger partial charge in [-0.1, -0.05) is 18.2 Å². The molecule has 0 N–H and O–H groups in total. The topological polar surface area (TPSA) is 113 Å². The van der Waals surface area contributed by atoms with Gasteiger partial charge in [-0.2, -0.15) is 10.1 Å². The molecule has 0 radical (unpaired) electrons. The quantitative estimate of drug-likeness (QED) is 0.466. The zero-order chi connectivity index (χ0) is 18.4. The molecule has 0 fully saturated rings. The van der Waals surface area contributed by atoms with Gasteiger partial charge in [0, 0.05) is 12.1 Å². The zero-order valence-corrected chi connectivity index (χ0v) is 13.2. The van der Waals surface area contributed by atoms with E-state index in [0.717, 1.165) is 22.0 Å². The van der Waals surface area contributed by atoms with Gasteiger partial charge in [0.15, 0.2) is 0 Å². The van der Waals surface area contributed by atoms with Crippen LogP contribution in [-0.2, 0) is 4.79 Å². The lowest BCUT2D eigenvalue weighted by atomic mass is 10.1. The number of carbonyl (C=O) groups excluding carboxylic acids is 3. The highest BCUT2D eigenvalue weighted by molar-refractivity contribution is 6.32. The van der Waals surface area contributed by atoms with E-state index < -0.39 is 16.7 Å². The van der Waals surface area contributed by atoms with E-state index >= 15 is 0 Å². The molecular formula is C17H10N4O5. The second kappa shape index (κ2) is 5.59. The lowest BCUT2D eigenvalue weighted by molar-refractivity contribution is -0.384. The molecule has 9 heteroatoms. The molecule has 0 atom stereocenters. The number of non-ortho nitro benzene ring substituents is 1. The van der Waals surface area contributed by atoms with Crippen molar-refractivity contribution in [1.29, 1.82) is 0 Å². The highest BCUT2D eigenvalue weighted by atomic mass is 16.6. The van der Waals surface area contributed by atoms with Crippen molar-refractivity contribution in [2.24, 2.45) is 5.10 Å². The van der Waals surface area contributed by atoms with E-state index in [9.17, 15) is 24.5 Å². The summed E-state index contributed by atoms with van der Waals surface area (Å²) < 4.78 is 0. The molecule has 0 spiro atoms. The van der Waals surface area contributed by atoms with Crippen molar-refractivity contribution < 1.29 is 19.3 Å². The van der Waals surface area contributed by atoms with Crippen molar-refractivity contribution in [2.45, 2.75) is 6.42 Å². The van der Waals surface area contributed by atoms with E-state index in [-0.39, 0.29) is 35.0 Å². The summed E-state index contributed by atoms with van der Waals surface area (Å²) in [5, 5.41) is 16.1. The molecule has 2 heterocycles. The molecule has 9 nitrogen and oxygen atoms in total. The van der Waals surface area contributed by atoms with Crippen LogP contribution in [0.5, 0.6) is 0 Å². The standard InChI is InChI=1S/C17H10N4O5/c22-15-9-14(18-20(15)10-4-2-1-3-5-10)19-16(23)12-7-6-11(21(25)26)8-13(12)17(19)24/h1-8H,9H2. The first-order valence-electron chi connectivity index (χ1n) is 7.60. The number of nitro benzene ring substituents is 1. The molecule has 0 saturated heterocycles. The molecule has 3 amide bonds. The molecule has 0 aliphatic carbocycles. The molecule has 4 rings (SSSR count). The smallest absolute Gasteiger partial charge is 0.270 e. The molecule has 26 heavy (non-hydrogen) atoms. The van der Waals surface area contributed by atoms with Gasteiger partial charge in [-0.05, 0) is 18.2 Å². The first-order chi connectivity index (χ1) is 12.5. The third-order valence-electron chi connectivity index (χ3n) is 4.10. The van der Waals surface area contributed by atoms with Gasteiger partial charge in [0.05, 0.1) is 28.2 Å². The number of para-hydroxylation sites is 1. The van der Waals surface area contributed by atoms with Gasteiger partial charge in [0.25, 0.3) is 23.4 Å². The molecule has 0 bridgehead atoms. The number of carbonyl (C=O) groups is 3. The molecule has 2 aliphatic heterocycles. The predicted octanol–water partition coefficient (Wildman–Crippen LogP) is 1.94. The second-order valence-electron chi connectivity index (χ2n) is 5.67. The van der Waals surface area contributed by atoms with Crippen LogP contribution < -0.4 is 5.01 Å². The number of amidine groups is 1. The predicted molar refractivity (Wildman–Crippen MR) is 89.6 cm³/mol. The van der Waals surface area contributed by atoms with E-state index in [2.05, 4.69) is 5.10 Å². The zero-order valence-electron chi connectivity index (χ0n) is 13.2. The molecule has 0 saturated carbocycles. The van der Waals surface area contributed by atoms with E-state index in [1.54, 1.807) is 30.3 Å². The number of hydrogen-bond acceptors (Lipinski definition) is 6. The van der Waals surface area contributed by atoms with Gasteiger partial charge in [-0.25, -0.2) is 4.90 Å². The van der Waals surface area contributed by atoms with Crippen molar-refractivity contribution in [1.82, 2.24) is 4.90 Å². The minimum absolute atomic E-state index is 0.00675. The number of nitro groups is 1. The first kappa shape index (κ1) is 15.6. The van der Waals surface area contributed by atoms with Crippen LogP contribution in [0.15, 0.2) is 53.6 Å². The fourth-order valence-electron chi connectivity index (χ4n) is 2.89. The maximum Gasteiger partial charge on any atom is 0.270 e. The van der Waals surface area contributed by atoms with Gasteiger partial charge in [0.2, 0.25) is 0 Å². The fraction of sp³-hybridized carbons (Fsp3) is 0.0588.